The summed E-state index contributed by atoms with van der Waals surface area (Å²) in [5.41, 5.74) is 0. The largest absolute Gasteiger partial charge is 0.444 e. The zero-order chi connectivity index (χ0) is 11.8. The van der Waals surface area contributed by atoms with Gasteiger partial charge in [0.05, 0.1) is 12.7 Å². The number of amides is 1. The Balaban J connectivity index is 2.09. The van der Waals surface area contributed by atoms with Gasteiger partial charge in [-0.2, -0.15) is 0 Å². The first-order valence-electron chi connectivity index (χ1n) is 5.61. The number of aromatic nitrogens is 1. The minimum atomic E-state index is 0.0752. The molecule has 0 radical (unpaired) electrons. The molecule has 0 saturated heterocycles. The summed E-state index contributed by atoms with van der Waals surface area (Å²) >= 11 is 0. The predicted octanol–water partition coefficient (Wildman–Crippen LogP) is 0.853. The predicted molar refractivity (Wildman–Crippen MR) is 60.9 cm³/mol. The summed E-state index contributed by atoms with van der Waals surface area (Å²) in [5, 5.41) is 5.77. The second-order valence-corrected chi connectivity index (χ2v) is 3.53. The van der Waals surface area contributed by atoms with Crippen LogP contribution in [-0.2, 0) is 17.8 Å². The van der Waals surface area contributed by atoms with Crippen molar-refractivity contribution in [2.24, 2.45) is 0 Å². The number of hydrogen-bond donors (Lipinski definition) is 2. The van der Waals surface area contributed by atoms with E-state index in [0.29, 0.717) is 18.9 Å². The van der Waals surface area contributed by atoms with Crippen LogP contribution >= 0.6 is 0 Å². The lowest BCUT2D eigenvalue weighted by atomic mass is 10.3. The van der Waals surface area contributed by atoms with Gasteiger partial charge in [0.2, 0.25) is 11.8 Å². The highest BCUT2D eigenvalue weighted by Gasteiger charge is 2.01. The SMILES string of the molecule is CCc1cnc(CNCCCC(=O)NC)o1. The molecule has 2 N–H and O–H groups in total. The molecule has 0 spiro atoms. The molecule has 1 aromatic heterocycles. The summed E-state index contributed by atoms with van der Waals surface area (Å²) in [7, 11) is 1.65. The molecule has 0 aliphatic rings. The summed E-state index contributed by atoms with van der Waals surface area (Å²) in [5.74, 6) is 1.69. The molecule has 16 heavy (non-hydrogen) atoms. The van der Waals surface area contributed by atoms with Crippen molar-refractivity contribution in [3.63, 3.8) is 0 Å². The van der Waals surface area contributed by atoms with Gasteiger partial charge in [-0.05, 0) is 13.0 Å². The van der Waals surface area contributed by atoms with Crippen LogP contribution in [0.2, 0.25) is 0 Å². The van der Waals surface area contributed by atoms with Gasteiger partial charge in [-0.1, -0.05) is 6.92 Å². The molecule has 0 aliphatic carbocycles. The average Bonchev–Trinajstić information content (AvgIpc) is 2.76. The fraction of sp³-hybridized carbons (Fsp3) is 0.636. The van der Waals surface area contributed by atoms with Crippen molar-refractivity contribution >= 4 is 5.91 Å². The Bertz CT molecular complexity index is 323. The Morgan fingerprint density at radius 2 is 2.38 bits per heavy atom. The monoisotopic (exact) mass is 225 g/mol. The molecule has 0 unspecified atom stereocenters. The number of rotatable bonds is 7. The molecule has 90 valence electrons. The minimum absolute atomic E-state index is 0.0752. The minimum Gasteiger partial charge on any atom is -0.444 e. The van der Waals surface area contributed by atoms with Crippen molar-refractivity contribution in [1.29, 1.82) is 0 Å². The van der Waals surface area contributed by atoms with Crippen LogP contribution in [0, 0.1) is 0 Å². The number of oxazole rings is 1. The van der Waals surface area contributed by atoms with Gasteiger partial charge >= 0.3 is 0 Å². The van der Waals surface area contributed by atoms with E-state index >= 15 is 0 Å². The van der Waals surface area contributed by atoms with Crippen LogP contribution in [-0.4, -0.2) is 24.5 Å². The van der Waals surface area contributed by atoms with Crippen molar-refractivity contribution < 1.29 is 9.21 Å². The van der Waals surface area contributed by atoms with Crippen LogP contribution < -0.4 is 10.6 Å². The molecule has 0 atom stereocenters. The van der Waals surface area contributed by atoms with Gasteiger partial charge in [0, 0.05) is 19.9 Å². The Morgan fingerprint density at radius 1 is 1.56 bits per heavy atom. The standard InChI is InChI=1S/C11H19N3O2/c1-3-9-7-14-11(16-9)8-13-6-4-5-10(15)12-2/h7,13H,3-6,8H2,1-2H3,(H,12,15). The number of hydrogen-bond acceptors (Lipinski definition) is 4. The highest BCUT2D eigenvalue weighted by atomic mass is 16.4. The summed E-state index contributed by atoms with van der Waals surface area (Å²) < 4.78 is 5.43. The fourth-order valence-corrected chi connectivity index (χ4v) is 1.29. The van der Waals surface area contributed by atoms with Crippen LogP contribution in [0.3, 0.4) is 0 Å². The van der Waals surface area contributed by atoms with E-state index in [2.05, 4.69) is 15.6 Å². The molecule has 5 nitrogen and oxygen atoms in total. The Labute approximate surface area is 95.6 Å². The summed E-state index contributed by atoms with van der Waals surface area (Å²) in [4.78, 5) is 15.0. The highest BCUT2D eigenvalue weighted by Crippen LogP contribution is 2.03. The number of nitrogens with zero attached hydrogens (tertiary/aromatic N) is 1. The Hall–Kier alpha value is -1.36. The maximum absolute atomic E-state index is 10.9. The van der Waals surface area contributed by atoms with Gasteiger partial charge in [-0.25, -0.2) is 4.98 Å². The van der Waals surface area contributed by atoms with Gasteiger partial charge in [0.1, 0.15) is 5.76 Å². The van der Waals surface area contributed by atoms with Gasteiger partial charge < -0.3 is 15.1 Å². The highest BCUT2D eigenvalue weighted by molar-refractivity contribution is 5.75. The maximum atomic E-state index is 10.9. The lowest BCUT2D eigenvalue weighted by molar-refractivity contribution is -0.120. The lowest BCUT2D eigenvalue weighted by Crippen LogP contribution is -2.21. The van der Waals surface area contributed by atoms with Crippen LogP contribution in [0.1, 0.15) is 31.4 Å². The number of aryl methyl sites for hydroxylation is 1. The second kappa shape index (κ2) is 7.00. The summed E-state index contributed by atoms with van der Waals surface area (Å²) in [6.45, 7) is 3.44. The van der Waals surface area contributed by atoms with Crippen LogP contribution in [0.4, 0.5) is 0 Å². The van der Waals surface area contributed by atoms with Crippen molar-refractivity contribution in [3.05, 3.63) is 17.8 Å². The first-order chi connectivity index (χ1) is 7.76. The number of nitrogens with one attached hydrogen (secondary N) is 2. The number of carbonyl (C=O) groups excluding carboxylic acids is 1. The molecule has 0 aliphatic heterocycles. The van der Waals surface area contributed by atoms with Crippen LogP contribution in [0.15, 0.2) is 10.6 Å². The molecule has 1 aromatic rings. The first kappa shape index (κ1) is 12.7. The third kappa shape index (κ3) is 4.44. The van der Waals surface area contributed by atoms with E-state index in [4.69, 9.17) is 4.42 Å². The molecule has 1 heterocycles. The Morgan fingerprint density at radius 3 is 3.00 bits per heavy atom. The van der Waals surface area contributed by atoms with E-state index in [1.54, 1.807) is 13.2 Å². The van der Waals surface area contributed by atoms with Crippen molar-refractivity contribution in [2.45, 2.75) is 32.7 Å². The van der Waals surface area contributed by atoms with E-state index in [0.717, 1.165) is 25.1 Å². The third-order valence-electron chi connectivity index (χ3n) is 2.26. The zero-order valence-corrected chi connectivity index (χ0v) is 9.88. The molecular weight excluding hydrogens is 206 g/mol. The van der Waals surface area contributed by atoms with Gasteiger partial charge in [-0.3, -0.25) is 4.79 Å². The maximum Gasteiger partial charge on any atom is 0.219 e. The summed E-state index contributed by atoms with van der Waals surface area (Å²) in [6.07, 6.45) is 3.99. The average molecular weight is 225 g/mol. The van der Waals surface area contributed by atoms with Gasteiger partial charge in [0.15, 0.2) is 0 Å². The molecular formula is C11H19N3O2. The molecule has 1 rings (SSSR count). The molecule has 0 saturated carbocycles. The van der Waals surface area contributed by atoms with Crippen molar-refractivity contribution in [2.75, 3.05) is 13.6 Å². The van der Waals surface area contributed by atoms with Crippen molar-refractivity contribution in [1.82, 2.24) is 15.6 Å². The molecule has 0 aromatic carbocycles. The fourth-order valence-electron chi connectivity index (χ4n) is 1.29. The Kier molecular flexibility index (Phi) is 5.56. The van der Waals surface area contributed by atoms with Gasteiger partial charge in [-0.15, -0.1) is 0 Å². The van der Waals surface area contributed by atoms with Crippen LogP contribution in [0.25, 0.3) is 0 Å². The third-order valence-corrected chi connectivity index (χ3v) is 2.26. The van der Waals surface area contributed by atoms with E-state index < -0.39 is 0 Å². The van der Waals surface area contributed by atoms with Crippen LogP contribution in [0.5, 0.6) is 0 Å². The zero-order valence-electron chi connectivity index (χ0n) is 9.88. The number of carbonyl (C=O) groups is 1. The van der Waals surface area contributed by atoms with E-state index in [1.165, 1.54) is 0 Å². The topological polar surface area (TPSA) is 67.2 Å². The van der Waals surface area contributed by atoms with E-state index in [9.17, 15) is 4.79 Å². The second-order valence-electron chi connectivity index (χ2n) is 3.53. The first-order valence-corrected chi connectivity index (χ1v) is 5.61. The van der Waals surface area contributed by atoms with E-state index in [1.807, 2.05) is 6.92 Å². The van der Waals surface area contributed by atoms with Crippen molar-refractivity contribution in [3.8, 4) is 0 Å². The summed E-state index contributed by atoms with van der Waals surface area (Å²) in [6, 6.07) is 0. The smallest absolute Gasteiger partial charge is 0.219 e. The molecule has 0 fully saturated rings. The lowest BCUT2D eigenvalue weighted by Gasteiger charge is -2.01. The van der Waals surface area contributed by atoms with E-state index in [-0.39, 0.29) is 5.91 Å². The quantitative estimate of drug-likeness (QED) is 0.675. The molecule has 5 heteroatoms. The molecule has 1 amide bonds. The van der Waals surface area contributed by atoms with Gasteiger partial charge in [0.25, 0.3) is 0 Å². The normalized spacial score (nSPS) is 10.4. The molecule has 0 bridgehead atoms.